The van der Waals surface area contributed by atoms with Crippen LogP contribution in [-0.2, 0) is 16.4 Å². The summed E-state index contributed by atoms with van der Waals surface area (Å²) < 4.78 is 26.5. The zero-order valence-corrected chi connectivity index (χ0v) is 11.1. The molecule has 5 nitrogen and oxygen atoms in total. The molecule has 19 heavy (non-hydrogen) atoms. The molecule has 0 unspecified atom stereocenters. The molecule has 3 N–H and O–H groups in total. The molecule has 0 atom stereocenters. The van der Waals surface area contributed by atoms with Crippen LogP contribution >= 0.6 is 0 Å². The summed E-state index contributed by atoms with van der Waals surface area (Å²) in [5, 5.41) is 0. The number of nitrogens with zero attached hydrogens (tertiary/aromatic N) is 1. The van der Waals surface area contributed by atoms with Gasteiger partial charge in [0.2, 0.25) is 10.0 Å². The number of aromatic nitrogens is 1. The van der Waals surface area contributed by atoms with Crippen molar-refractivity contribution >= 4 is 15.7 Å². The van der Waals surface area contributed by atoms with Gasteiger partial charge in [0.15, 0.2) is 0 Å². The molecular formula is C13H15N3O2S. The van der Waals surface area contributed by atoms with E-state index in [4.69, 9.17) is 5.73 Å². The summed E-state index contributed by atoms with van der Waals surface area (Å²) in [6.07, 6.45) is 2.23. The lowest BCUT2D eigenvalue weighted by molar-refractivity contribution is 0.581. The first-order chi connectivity index (χ1) is 9.08. The lowest BCUT2D eigenvalue weighted by atomic mass is 10.3. The van der Waals surface area contributed by atoms with Gasteiger partial charge >= 0.3 is 0 Å². The van der Waals surface area contributed by atoms with E-state index < -0.39 is 10.0 Å². The first-order valence-corrected chi connectivity index (χ1v) is 7.31. The van der Waals surface area contributed by atoms with Crippen LogP contribution in [0.3, 0.4) is 0 Å². The number of benzene rings is 1. The lowest BCUT2D eigenvalue weighted by Crippen LogP contribution is -2.26. The van der Waals surface area contributed by atoms with Crippen LogP contribution in [0.2, 0.25) is 0 Å². The van der Waals surface area contributed by atoms with Crippen LogP contribution in [-0.4, -0.2) is 19.9 Å². The van der Waals surface area contributed by atoms with Gasteiger partial charge in [0, 0.05) is 30.5 Å². The molecule has 0 spiro atoms. The molecule has 6 heteroatoms. The summed E-state index contributed by atoms with van der Waals surface area (Å²) in [6.45, 7) is 0.309. The molecule has 0 radical (unpaired) electrons. The average Bonchev–Trinajstić information content (AvgIpc) is 2.40. The fourth-order valence-electron chi connectivity index (χ4n) is 1.59. The van der Waals surface area contributed by atoms with E-state index in [0.717, 1.165) is 5.69 Å². The quantitative estimate of drug-likeness (QED) is 0.804. The second kappa shape index (κ2) is 5.81. The molecule has 0 aliphatic rings. The van der Waals surface area contributed by atoms with Crippen molar-refractivity contribution in [3.05, 3.63) is 54.4 Å². The van der Waals surface area contributed by atoms with Crippen molar-refractivity contribution in [2.45, 2.75) is 11.3 Å². The summed E-state index contributed by atoms with van der Waals surface area (Å²) in [4.78, 5) is 4.34. The number of sulfonamides is 1. The van der Waals surface area contributed by atoms with Gasteiger partial charge in [-0.1, -0.05) is 6.07 Å². The highest BCUT2D eigenvalue weighted by Gasteiger charge is 2.12. The van der Waals surface area contributed by atoms with E-state index in [1.165, 1.54) is 12.1 Å². The van der Waals surface area contributed by atoms with Crippen molar-refractivity contribution < 1.29 is 8.42 Å². The number of rotatable bonds is 5. The van der Waals surface area contributed by atoms with E-state index in [-0.39, 0.29) is 4.90 Å². The van der Waals surface area contributed by atoms with Gasteiger partial charge in [0.1, 0.15) is 0 Å². The fraction of sp³-hybridized carbons (Fsp3) is 0.154. The van der Waals surface area contributed by atoms with Crippen molar-refractivity contribution in [2.24, 2.45) is 0 Å². The van der Waals surface area contributed by atoms with Gasteiger partial charge in [-0.25, -0.2) is 13.1 Å². The molecule has 0 fully saturated rings. The van der Waals surface area contributed by atoms with Gasteiger partial charge in [0.05, 0.1) is 4.90 Å². The number of anilines is 1. The third-order valence-corrected chi connectivity index (χ3v) is 4.07. The Balaban J connectivity index is 1.97. The normalized spacial score (nSPS) is 11.4. The summed E-state index contributed by atoms with van der Waals surface area (Å²) in [5.74, 6) is 0. The average molecular weight is 277 g/mol. The van der Waals surface area contributed by atoms with Gasteiger partial charge in [-0.15, -0.1) is 0 Å². The Hall–Kier alpha value is -1.92. The van der Waals surface area contributed by atoms with Crippen LogP contribution in [0.1, 0.15) is 5.69 Å². The molecular weight excluding hydrogens is 262 g/mol. The van der Waals surface area contributed by atoms with Crippen LogP contribution in [0.5, 0.6) is 0 Å². The van der Waals surface area contributed by atoms with Crippen LogP contribution in [0.25, 0.3) is 0 Å². The largest absolute Gasteiger partial charge is 0.399 e. The second-order valence-electron chi connectivity index (χ2n) is 4.04. The molecule has 1 aromatic heterocycles. The molecule has 2 rings (SSSR count). The zero-order chi connectivity index (χ0) is 13.7. The Kier molecular flexibility index (Phi) is 4.13. The number of pyridine rings is 1. The summed E-state index contributed by atoms with van der Waals surface area (Å²) in [5.41, 5.74) is 6.91. The standard InChI is InChI=1S/C13H15N3O2S/c14-11-4-6-13(7-5-11)19(17,18)16-10-8-12-3-1-2-9-15-12/h1-7,9,16H,8,10,14H2. The maximum atomic E-state index is 12.0. The van der Waals surface area contributed by atoms with E-state index in [1.807, 2.05) is 18.2 Å². The van der Waals surface area contributed by atoms with E-state index in [2.05, 4.69) is 9.71 Å². The SMILES string of the molecule is Nc1ccc(S(=O)(=O)NCCc2ccccn2)cc1. The van der Waals surface area contributed by atoms with Crippen LogP contribution in [0.15, 0.2) is 53.6 Å². The Morgan fingerprint density at radius 1 is 1.11 bits per heavy atom. The minimum absolute atomic E-state index is 0.211. The highest BCUT2D eigenvalue weighted by atomic mass is 32.2. The number of nitrogens with one attached hydrogen (secondary N) is 1. The van der Waals surface area contributed by atoms with Crippen molar-refractivity contribution in [1.82, 2.24) is 9.71 Å². The zero-order valence-electron chi connectivity index (χ0n) is 10.3. The van der Waals surface area contributed by atoms with Crippen LogP contribution in [0.4, 0.5) is 5.69 Å². The van der Waals surface area contributed by atoms with E-state index in [1.54, 1.807) is 18.3 Å². The predicted molar refractivity (Wildman–Crippen MR) is 74.0 cm³/mol. The molecule has 2 aromatic rings. The lowest BCUT2D eigenvalue weighted by Gasteiger charge is -2.06. The van der Waals surface area contributed by atoms with Crippen molar-refractivity contribution in [2.75, 3.05) is 12.3 Å². The number of hydrogen-bond acceptors (Lipinski definition) is 4. The van der Waals surface area contributed by atoms with Gasteiger partial charge in [-0.05, 0) is 36.4 Å². The monoisotopic (exact) mass is 277 g/mol. The van der Waals surface area contributed by atoms with E-state index in [0.29, 0.717) is 18.7 Å². The molecule has 0 amide bonds. The predicted octanol–water partition coefficient (Wildman–Crippen LogP) is 1.18. The smallest absolute Gasteiger partial charge is 0.240 e. The third kappa shape index (κ3) is 3.77. The number of hydrogen-bond donors (Lipinski definition) is 2. The van der Waals surface area contributed by atoms with Gasteiger partial charge < -0.3 is 5.73 Å². The number of nitrogen functional groups attached to an aromatic ring is 1. The summed E-state index contributed by atoms with van der Waals surface area (Å²) in [7, 11) is -3.48. The minimum Gasteiger partial charge on any atom is -0.399 e. The molecule has 100 valence electrons. The van der Waals surface area contributed by atoms with Crippen molar-refractivity contribution in [3.8, 4) is 0 Å². The van der Waals surface area contributed by atoms with Gasteiger partial charge in [0.25, 0.3) is 0 Å². The highest BCUT2D eigenvalue weighted by Crippen LogP contribution is 2.11. The Labute approximate surface area is 112 Å². The maximum Gasteiger partial charge on any atom is 0.240 e. The van der Waals surface area contributed by atoms with E-state index >= 15 is 0 Å². The molecule has 0 saturated heterocycles. The maximum absolute atomic E-state index is 12.0. The molecule has 1 heterocycles. The first-order valence-electron chi connectivity index (χ1n) is 5.83. The molecule has 0 bridgehead atoms. The Morgan fingerprint density at radius 2 is 1.84 bits per heavy atom. The Bertz CT molecular complexity index is 625. The fourth-order valence-corrected chi connectivity index (χ4v) is 2.62. The van der Waals surface area contributed by atoms with E-state index in [9.17, 15) is 8.42 Å². The van der Waals surface area contributed by atoms with Crippen LogP contribution in [0, 0.1) is 0 Å². The molecule has 0 aliphatic carbocycles. The van der Waals surface area contributed by atoms with Gasteiger partial charge in [-0.3, -0.25) is 4.98 Å². The highest BCUT2D eigenvalue weighted by molar-refractivity contribution is 7.89. The molecule has 1 aromatic carbocycles. The van der Waals surface area contributed by atoms with Gasteiger partial charge in [-0.2, -0.15) is 0 Å². The third-order valence-electron chi connectivity index (χ3n) is 2.59. The topological polar surface area (TPSA) is 85.1 Å². The number of nitrogens with two attached hydrogens (primary N) is 1. The Morgan fingerprint density at radius 3 is 2.47 bits per heavy atom. The summed E-state index contributed by atoms with van der Waals surface area (Å²) >= 11 is 0. The minimum atomic E-state index is -3.48. The molecule has 0 aliphatic heterocycles. The van der Waals surface area contributed by atoms with Crippen molar-refractivity contribution in [1.29, 1.82) is 0 Å². The second-order valence-corrected chi connectivity index (χ2v) is 5.80. The van der Waals surface area contributed by atoms with Crippen LogP contribution < -0.4 is 10.5 Å². The molecule has 0 saturated carbocycles. The first kappa shape index (κ1) is 13.5. The van der Waals surface area contributed by atoms with Crippen molar-refractivity contribution in [3.63, 3.8) is 0 Å². The summed E-state index contributed by atoms with van der Waals surface area (Å²) in [6, 6.07) is 11.6.